The standard InChI is InChI=1S/C12H11BrFN3O2S/c1-6-3-9(14)8(13)4-10(6)17-7(2)15-16-12(17)20-5-11(18)19/h3-4H,5H2,1-2H3,(H,18,19). The van der Waals surface area contributed by atoms with Crippen molar-refractivity contribution in [1.82, 2.24) is 14.8 Å². The fourth-order valence-corrected chi connectivity index (χ4v) is 2.76. The van der Waals surface area contributed by atoms with Gasteiger partial charge >= 0.3 is 5.97 Å². The Hall–Kier alpha value is -1.41. The predicted molar refractivity (Wildman–Crippen MR) is 76.9 cm³/mol. The van der Waals surface area contributed by atoms with Gasteiger partial charge in [-0.25, -0.2) is 4.39 Å². The van der Waals surface area contributed by atoms with E-state index in [9.17, 15) is 9.18 Å². The maximum Gasteiger partial charge on any atom is 0.313 e. The predicted octanol–water partition coefficient (Wildman–Crippen LogP) is 2.96. The Balaban J connectivity index is 2.49. The molecular weight excluding hydrogens is 349 g/mol. The second-order valence-electron chi connectivity index (χ2n) is 4.10. The number of hydrogen-bond acceptors (Lipinski definition) is 4. The van der Waals surface area contributed by atoms with Crippen molar-refractivity contribution in [3.63, 3.8) is 0 Å². The van der Waals surface area contributed by atoms with Gasteiger partial charge in [0.1, 0.15) is 11.6 Å². The van der Waals surface area contributed by atoms with Crippen molar-refractivity contribution in [2.75, 3.05) is 5.75 Å². The lowest BCUT2D eigenvalue weighted by Crippen LogP contribution is -2.05. The van der Waals surface area contributed by atoms with Crippen LogP contribution in [0.1, 0.15) is 11.4 Å². The number of nitrogens with zero attached hydrogens (tertiary/aromatic N) is 3. The Morgan fingerprint density at radius 3 is 2.80 bits per heavy atom. The normalized spacial score (nSPS) is 10.8. The van der Waals surface area contributed by atoms with E-state index in [1.807, 2.05) is 0 Å². The summed E-state index contributed by atoms with van der Waals surface area (Å²) in [7, 11) is 0. The Morgan fingerprint density at radius 2 is 2.15 bits per heavy atom. The van der Waals surface area contributed by atoms with Crippen LogP contribution in [-0.2, 0) is 4.79 Å². The first-order valence-corrected chi connectivity index (χ1v) is 7.40. The molecule has 0 fully saturated rings. The third-order valence-corrected chi connectivity index (χ3v) is 4.12. The molecule has 0 aliphatic rings. The van der Waals surface area contributed by atoms with Crippen LogP contribution in [-0.4, -0.2) is 31.6 Å². The van der Waals surface area contributed by atoms with Crippen LogP contribution in [0, 0.1) is 19.7 Å². The molecule has 2 rings (SSSR count). The molecule has 0 atom stereocenters. The van der Waals surface area contributed by atoms with Crippen molar-refractivity contribution >= 4 is 33.7 Å². The largest absolute Gasteiger partial charge is 0.481 e. The minimum Gasteiger partial charge on any atom is -0.481 e. The van der Waals surface area contributed by atoms with Crippen LogP contribution in [0.3, 0.4) is 0 Å². The Kier molecular flexibility index (Phi) is 4.44. The quantitative estimate of drug-likeness (QED) is 0.850. The first-order valence-electron chi connectivity index (χ1n) is 5.62. The minimum atomic E-state index is -0.931. The summed E-state index contributed by atoms with van der Waals surface area (Å²) in [6, 6.07) is 3.04. The van der Waals surface area contributed by atoms with Gasteiger partial charge in [0.25, 0.3) is 0 Å². The molecule has 0 spiro atoms. The highest BCUT2D eigenvalue weighted by Gasteiger charge is 2.16. The van der Waals surface area contributed by atoms with Gasteiger partial charge in [0.2, 0.25) is 0 Å². The summed E-state index contributed by atoms with van der Waals surface area (Å²) in [5.74, 6) is -0.782. The molecule has 0 saturated carbocycles. The molecule has 1 N–H and O–H groups in total. The van der Waals surface area contributed by atoms with Crippen LogP contribution in [0.2, 0.25) is 0 Å². The lowest BCUT2D eigenvalue weighted by atomic mass is 10.2. The summed E-state index contributed by atoms with van der Waals surface area (Å²) < 4.78 is 15.5. The van der Waals surface area contributed by atoms with Crippen LogP contribution in [0.15, 0.2) is 21.8 Å². The first kappa shape index (κ1) is 15.0. The van der Waals surface area contributed by atoms with Crippen LogP contribution < -0.4 is 0 Å². The number of aryl methyl sites for hydroxylation is 2. The molecule has 0 aliphatic carbocycles. The average molecular weight is 360 g/mol. The summed E-state index contributed by atoms with van der Waals surface area (Å²) in [5.41, 5.74) is 1.43. The summed E-state index contributed by atoms with van der Waals surface area (Å²) in [6.45, 7) is 3.53. The third-order valence-electron chi connectivity index (χ3n) is 2.60. The van der Waals surface area contributed by atoms with Crippen LogP contribution in [0.25, 0.3) is 5.69 Å². The van der Waals surface area contributed by atoms with Crippen LogP contribution in [0.5, 0.6) is 0 Å². The average Bonchev–Trinajstić information content (AvgIpc) is 2.73. The molecule has 0 unspecified atom stereocenters. The van der Waals surface area contributed by atoms with Gasteiger partial charge in [-0.1, -0.05) is 11.8 Å². The number of rotatable bonds is 4. The number of benzene rings is 1. The molecule has 5 nitrogen and oxygen atoms in total. The van der Waals surface area contributed by atoms with E-state index in [1.54, 1.807) is 24.5 Å². The van der Waals surface area contributed by atoms with Gasteiger partial charge in [-0.15, -0.1) is 10.2 Å². The zero-order valence-corrected chi connectivity index (χ0v) is 13.1. The topological polar surface area (TPSA) is 68.0 Å². The fourth-order valence-electron chi connectivity index (χ4n) is 1.72. The van der Waals surface area contributed by atoms with E-state index in [0.29, 0.717) is 26.7 Å². The number of aromatic nitrogens is 3. The maximum atomic E-state index is 13.5. The monoisotopic (exact) mass is 359 g/mol. The molecule has 0 saturated heterocycles. The highest BCUT2D eigenvalue weighted by Crippen LogP contribution is 2.28. The molecule has 1 heterocycles. The third kappa shape index (κ3) is 3.01. The molecular formula is C12H11BrFN3O2S. The summed E-state index contributed by atoms with van der Waals surface area (Å²) in [6.07, 6.45) is 0. The van der Waals surface area contributed by atoms with E-state index in [1.165, 1.54) is 6.07 Å². The van der Waals surface area contributed by atoms with E-state index in [4.69, 9.17) is 5.11 Å². The molecule has 1 aromatic carbocycles. The van der Waals surface area contributed by atoms with Gasteiger partial charge in [-0.05, 0) is 47.5 Å². The Labute approximate surface area is 127 Å². The van der Waals surface area contributed by atoms with Crippen molar-refractivity contribution in [2.24, 2.45) is 0 Å². The smallest absolute Gasteiger partial charge is 0.313 e. The van der Waals surface area contributed by atoms with Gasteiger partial charge < -0.3 is 5.11 Å². The first-order chi connectivity index (χ1) is 9.40. The fraction of sp³-hybridized carbons (Fsp3) is 0.250. The molecule has 20 heavy (non-hydrogen) atoms. The van der Waals surface area contributed by atoms with E-state index in [-0.39, 0.29) is 11.6 Å². The highest BCUT2D eigenvalue weighted by atomic mass is 79.9. The summed E-state index contributed by atoms with van der Waals surface area (Å²) in [5, 5.41) is 17.1. The van der Waals surface area contributed by atoms with Gasteiger partial charge in [-0.2, -0.15) is 0 Å². The summed E-state index contributed by atoms with van der Waals surface area (Å²) >= 11 is 4.22. The number of carboxylic acids is 1. The van der Waals surface area contributed by atoms with E-state index in [0.717, 1.165) is 11.8 Å². The van der Waals surface area contributed by atoms with E-state index in [2.05, 4.69) is 26.1 Å². The number of thioether (sulfide) groups is 1. The van der Waals surface area contributed by atoms with Crippen molar-refractivity contribution in [1.29, 1.82) is 0 Å². The van der Waals surface area contributed by atoms with E-state index < -0.39 is 5.97 Å². The summed E-state index contributed by atoms with van der Waals surface area (Å²) in [4.78, 5) is 10.7. The zero-order valence-electron chi connectivity index (χ0n) is 10.7. The Morgan fingerprint density at radius 1 is 1.45 bits per heavy atom. The van der Waals surface area contributed by atoms with Gasteiger partial charge in [0, 0.05) is 0 Å². The van der Waals surface area contributed by atoms with Crippen molar-refractivity contribution in [3.05, 3.63) is 33.8 Å². The second-order valence-corrected chi connectivity index (χ2v) is 5.90. The van der Waals surface area contributed by atoms with Crippen molar-refractivity contribution < 1.29 is 14.3 Å². The second kappa shape index (κ2) is 5.92. The lowest BCUT2D eigenvalue weighted by molar-refractivity contribution is -0.133. The maximum absolute atomic E-state index is 13.5. The number of carboxylic acid groups (broad SMARTS) is 1. The van der Waals surface area contributed by atoms with Gasteiger partial charge in [0.15, 0.2) is 5.16 Å². The Bertz CT molecular complexity index is 675. The van der Waals surface area contributed by atoms with Gasteiger partial charge in [0.05, 0.1) is 15.9 Å². The number of aliphatic carboxylic acids is 1. The number of carbonyl (C=O) groups is 1. The molecule has 106 valence electrons. The SMILES string of the molecule is Cc1cc(F)c(Br)cc1-n1c(C)nnc1SCC(=O)O. The molecule has 0 radical (unpaired) electrons. The van der Waals surface area contributed by atoms with Crippen LogP contribution >= 0.6 is 27.7 Å². The molecule has 8 heteroatoms. The molecule has 1 aromatic heterocycles. The number of halogens is 2. The van der Waals surface area contributed by atoms with Gasteiger partial charge in [-0.3, -0.25) is 9.36 Å². The zero-order chi connectivity index (χ0) is 14.9. The van der Waals surface area contributed by atoms with Crippen LogP contribution in [0.4, 0.5) is 4.39 Å². The molecule has 0 bridgehead atoms. The molecule has 2 aromatic rings. The van der Waals surface area contributed by atoms with Crippen molar-refractivity contribution in [3.8, 4) is 5.69 Å². The minimum absolute atomic E-state index is 0.112. The number of hydrogen-bond donors (Lipinski definition) is 1. The molecule has 0 aliphatic heterocycles. The molecule has 0 amide bonds. The van der Waals surface area contributed by atoms with E-state index >= 15 is 0 Å². The highest BCUT2D eigenvalue weighted by molar-refractivity contribution is 9.10. The lowest BCUT2D eigenvalue weighted by Gasteiger charge is -2.12. The van der Waals surface area contributed by atoms with Crippen molar-refractivity contribution in [2.45, 2.75) is 19.0 Å².